The Labute approximate surface area is 522 Å². The molecule has 3 unspecified atom stereocenters. The molecule has 468 valence electrons. The SMILES string of the molecule is CC1(C)c2ccccc2NC12C=Cc1cc([N+](=O)[O-])cc(CN3CCOCCN(Cc4cc([N+](=O)[O-])cc5c4OC4(C=C5)Nc5ccccc5C4(C)C)CCOCCN(Cc4cc([N+](=O)[O-])cc5c4OC4(C=C5)Nc5ccccc5C4(C)C)CCOCC3)c1O2. The van der Waals surface area contributed by atoms with Crippen LogP contribution < -0.4 is 30.2 Å². The van der Waals surface area contributed by atoms with Gasteiger partial charge >= 0.3 is 0 Å². The summed E-state index contributed by atoms with van der Waals surface area (Å²) in [6.45, 7) is 17.8. The van der Waals surface area contributed by atoms with E-state index in [1.54, 1.807) is 36.4 Å². The molecule has 0 aliphatic carbocycles. The minimum absolute atomic E-state index is 0.0576. The summed E-state index contributed by atoms with van der Waals surface area (Å²) in [5.41, 5.74) is 5.12. The van der Waals surface area contributed by atoms with E-state index in [0.717, 1.165) is 33.8 Å². The average Bonchev–Trinajstić information content (AvgIpc) is 1.56. The fourth-order valence-corrected chi connectivity index (χ4v) is 14.0. The van der Waals surface area contributed by atoms with Crippen molar-refractivity contribution >= 4 is 52.4 Å². The number of ether oxygens (including phenoxy) is 6. The van der Waals surface area contributed by atoms with Gasteiger partial charge in [0.25, 0.3) is 17.1 Å². The van der Waals surface area contributed by atoms with Crippen molar-refractivity contribution in [3.63, 3.8) is 0 Å². The average molecular weight is 1220 g/mol. The molecular formula is C69H75N9O12. The molecule has 1 fully saturated rings. The van der Waals surface area contributed by atoms with Gasteiger partial charge in [-0.3, -0.25) is 45.0 Å². The lowest BCUT2D eigenvalue weighted by molar-refractivity contribution is -0.385. The molecule has 3 N–H and O–H groups in total. The van der Waals surface area contributed by atoms with Crippen molar-refractivity contribution in [1.82, 2.24) is 14.7 Å². The zero-order chi connectivity index (χ0) is 62.8. The highest BCUT2D eigenvalue weighted by molar-refractivity contribution is 5.76. The summed E-state index contributed by atoms with van der Waals surface area (Å²) in [4.78, 5) is 43.1. The van der Waals surface area contributed by atoms with Crippen LogP contribution in [-0.2, 0) is 50.1 Å². The van der Waals surface area contributed by atoms with E-state index in [4.69, 9.17) is 28.4 Å². The van der Waals surface area contributed by atoms with Gasteiger partial charge in [0.05, 0.1) is 70.7 Å². The molecule has 90 heavy (non-hydrogen) atoms. The highest BCUT2D eigenvalue weighted by atomic mass is 16.6. The first-order valence-electron chi connectivity index (χ1n) is 30.8. The Morgan fingerprint density at radius 1 is 0.400 bits per heavy atom. The van der Waals surface area contributed by atoms with E-state index in [9.17, 15) is 30.3 Å². The minimum Gasteiger partial charge on any atom is -0.463 e. The van der Waals surface area contributed by atoms with Crippen LogP contribution in [0.4, 0.5) is 34.1 Å². The Kier molecular flexibility index (Phi) is 15.6. The monoisotopic (exact) mass is 1220 g/mol. The Hall–Kier alpha value is -8.70. The number of benzene rings is 6. The van der Waals surface area contributed by atoms with Gasteiger partial charge in [-0.1, -0.05) is 54.6 Å². The second kappa shape index (κ2) is 23.3. The summed E-state index contributed by atoms with van der Waals surface area (Å²) in [6, 6.07) is 33.8. The number of anilines is 3. The number of hydrogen-bond donors (Lipinski definition) is 3. The number of nitro benzene ring substituents is 3. The highest BCUT2D eigenvalue weighted by Gasteiger charge is 2.57. The van der Waals surface area contributed by atoms with Crippen LogP contribution in [0.15, 0.2) is 127 Å². The van der Waals surface area contributed by atoms with Crippen LogP contribution in [0.3, 0.4) is 0 Å². The molecule has 7 heterocycles. The molecule has 1 saturated heterocycles. The van der Waals surface area contributed by atoms with Crippen molar-refractivity contribution in [1.29, 1.82) is 0 Å². The maximum Gasteiger partial charge on any atom is 0.270 e. The largest absolute Gasteiger partial charge is 0.463 e. The molecule has 21 heteroatoms. The lowest BCUT2D eigenvalue weighted by Crippen LogP contribution is -2.53. The summed E-state index contributed by atoms with van der Waals surface area (Å²) in [5, 5.41) is 48.7. The summed E-state index contributed by atoms with van der Waals surface area (Å²) < 4.78 is 40.7. The molecule has 21 nitrogen and oxygen atoms in total. The van der Waals surface area contributed by atoms with Gasteiger partial charge in [0.1, 0.15) is 17.2 Å². The van der Waals surface area contributed by atoms with Crippen LogP contribution in [-0.4, -0.2) is 126 Å². The second-order valence-electron chi connectivity index (χ2n) is 25.9. The number of nitro groups is 3. The maximum atomic E-state index is 12.6. The number of hydrogen-bond acceptors (Lipinski definition) is 18. The molecule has 13 rings (SSSR count). The van der Waals surface area contributed by atoms with Crippen LogP contribution >= 0.6 is 0 Å². The predicted octanol–water partition coefficient (Wildman–Crippen LogP) is 11.8. The quantitative estimate of drug-likeness (QED) is 0.0902. The second-order valence-corrected chi connectivity index (χ2v) is 25.9. The third-order valence-corrected chi connectivity index (χ3v) is 19.5. The van der Waals surface area contributed by atoms with Gasteiger partial charge in [-0.2, -0.15) is 0 Å². The van der Waals surface area contributed by atoms with E-state index in [-0.39, 0.29) is 51.5 Å². The Morgan fingerprint density at radius 3 is 0.900 bits per heavy atom. The lowest BCUT2D eigenvalue weighted by Gasteiger charge is -2.42. The van der Waals surface area contributed by atoms with E-state index in [0.29, 0.717) is 130 Å². The van der Waals surface area contributed by atoms with E-state index >= 15 is 0 Å². The third-order valence-electron chi connectivity index (χ3n) is 19.5. The number of para-hydroxylation sites is 3. The van der Waals surface area contributed by atoms with Crippen molar-refractivity contribution in [2.45, 2.75) is 94.6 Å². The van der Waals surface area contributed by atoms with Crippen molar-refractivity contribution in [3.8, 4) is 17.2 Å². The van der Waals surface area contributed by atoms with E-state index in [2.05, 4.69) is 90.4 Å². The van der Waals surface area contributed by atoms with Gasteiger partial charge < -0.3 is 44.4 Å². The number of nitrogens with one attached hydrogen (secondary N) is 3. The zero-order valence-electron chi connectivity index (χ0n) is 51.5. The van der Waals surface area contributed by atoms with E-state index in [1.165, 1.54) is 0 Å². The molecule has 0 amide bonds. The molecular weight excluding hydrogens is 1150 g/mol. The molecule has 7 aliphatic rings. The minimum atomic E-state index is -0.981. The van der Waals surface area contributed by atoms with Crippen LogP contribution in [0, 0.1) is 30.3 Å². The summed E-state index contributed by atoms with van der Waals surface area (Å²) in [6.07, 6.45) is 11.6. The first-order valence-corrected chi connectivity index (χ1v) is 30.8. The molecule has 0 radical (unpaired) electrons. The molecule has 0 aromatic heterocycles. The fourth-order valence-electron chi connectivity index (χ4n) is 14.0. The molecule has 6 aromatic rings. The van der Waals surface area contributed by atoms with E-state index in [1.807, 2.05) is 91.1 Å². The van der Waals surface area contributed by atoms with Crippen molar-refractivity contribution < 1.29 is 43.2 Å². The number of rotatable bonds is 9. The molecule has 6 aromatic carbocycles. The maximum absolute atomic E-state index is 12.6. The summed E-state index contributed by atoms with van der Waals surface area (Å²) >= 11 is 0. The van der Waals surface area contributed by atoms with Gasteiger partial charge in [0.2, 0.25) is 17.2 Å². The highest BCUT2D eigenvalue weighted by Crippen LogP contribution is 2.55. The number of non-ortho nitro benzene ring substituents is 3. The van der Waals surface area contributed by atoms with Crippen molar-refractivity contribution in [2.75, 3.05) is 94.9 Å². The molecule has 7 aliphatic heterocycles. The summed E-state index contributed by atoms with van der Waals surface area (Å²) in [5.74, 6) is 1.63. The van der Waals surface area contributed by atoms with Gasteiger partial charge in [0, 0.05) is 146 Å². The number of nitrogens with zero attached hydrogens (tertiary/aromatic N) is 6. The van der Waals surface area contributed by atoms with Crippen molar-refractivity contribution in [2.24, 2.45) is 0 Å². The topological polar surface area (TPSA) is 231 Å². The standard InChI is InChI=1S/C69H75N9O12/c1-64(2)55-13-7-10-16-58(55)70-67(64)22-19-46-37-52(76(79)80)40-49(61(46)88-67)43-73-25-31-85-33-27-74(44-50-41-53(77(81)82)38-47-20-23-68(89-62(47)50)65(3,4)56-14-8-11-17-59(56)71-68)29-35-87-36-30-75(28-34-86-32-26-73)45-51-42-54(78(83)84)39-48-21-24-69(90-63(48)51)66(5,6)57-15-9-12-18-60(57)72-69/h7-24,37-42,70-72H,25-36,43-45H2,1-6H3. The first-order chi connectivity index (χ1) is 43.2. The molecule has 0 saturated carbocycles. The van der Waals surface area contributed by atoms with Crippen LogP contribution in [0.25, 0.3) is 18.2 Å². The van der Waals surface area contributed by atoms with Gasteiger partial charge in [-0.25, -0.2) is 0 Å². The van der Waals surface area contributed by atoms with Gasteiger partial charge in [-0.15, -0.1) is 0 Å². The first kappa shape index (κ1) is 60.2. The van der Waals surface area contributed by atoms with Crippen LogP contribution in [0.2, 0.25) is 0 Å². The Morgan fingerprint density at radius 2 is 0.656 bits per heavy atom. The van der Waals surface area contributed by atoms with Crippen LogP contribution in [0.5, 0.6) is 17.2 Å². The van der Waals surface area contributed by atoms with Gasteiger partial charge in [0.15, 0.2) is 0 Å². The normalized spacial score (nSPS) is 24.1. The number of fused-ring (bicyclic) bond motifs is 6. The lowest BCUT2D eigenvalue weighted by atomic mass is 9.76. The zero-order valence-corrected chi connectivity index (χ0v) is 51.5. The van der Waals surface area contributed by atoms with E-state index < -0.39 is 33.4 Å². The Bertz CT molecular complexity index is 3530. The summed E-state index contributed by atoms with van der Waals surface area (Å²) in [7, 11) is 0. The predicted molar refractivity (Wildman–Crippen MR) is 344 cm³/mol. The Balaban J connectivity index is 0.792. The van der Waals surface area contributed by atoms with Crippen LogP contribution in [0.1, 0.15) is 91.6 Å². The van der Waals surface area contributed by atoms with Crippen molar-refractivity contribution in [3.05, 3.63) is 208 Å². The molecule has 3 spiro atoms. The third kappa shape index (κ3) is 10.7. The fraction of sp³-hybridized carbons (Fsp3) is 0.391. The molecule has 0 bridgehead atoms. The smallest absolute Gasteiger partial charge is 0.270 e. The molecule has 3 atom stereocenters. The van der Waals surface area contributed by atoms with Gasteiger partial charge in [-0.05, 0) is 113 Å².